The summed E-state index contributed by atoms with van der Waals surface area (Å²) in [5.74, 6) is 0. The molecule has 0 saturated heterocycles. The Hall–Kier alpha value is -3.58. The molecule has 3 aromatic carbocycles. The van der Waals surface area contributed by atoms with Gasteiger partial charge in [0.25, 0.3) is 0 Å². The number of alkyl halides is 18. The first-order chi connectivity index (χ1) is 20.9. The lowest BCUT2D eigenvalue weighted by molar-refractivity contribution is -0.144. The smallest absolute Gasteiger partial charge is 0.416 e. The van der Waals surface area contributed by atoms with Crippen molar-refractivity contribution in [1.82, 2.24) is 0 Å². The highest BCUT2D eigenvalue weighted by Gasteiger charge is 2.47. The number of halogens is 18. The van der Waals surface area contributed by atoms with E-state index in [-0.39, 0.29) is 36.4 Å². The fourth-order valence-electron chi connectivity index (χ4n) is 4.95. The van der Waals surface area contributed by atoms with Gasteiger partial charge in [-0.1, -0.05) is 36.4 Å². The summed E-state index contributed by atoms with van der Waals surface area (Å²) in [5.41, 5.74) is -19.1. The van der Waals surface area contributed by atoms with Gasteiger partial charge < -0.3 is 4.65 Å². The van der Waals surface area contributed by atoms with Crippen LogP contribution < -0.4 is 16.4 Å². The van der Waals surface area contributed by atoms with Crippen molar-refractivity contribution < 1.29 is 83.7 Å². The first kappa shape index (κ1) is 37.9. The van der Waals surface area contributed by atoms with Gasteiger partial charge in [0.2, 0.25) is 0 Å². The summed E-state index contributed by atoms with van der Waals surface area (Å²) < 4.78 is 257. The van der Waals surface area contributed by atoms with Gasteiger partial charge in [0.1, 0.15) is 0 Å². The molecule has 0 aliphatic heterocycles. The fourth-order valence-corrected chi connectivity index (χ4v) is 4.95. The maximum absolute atomic E-state index is 14.4. The SMILES string of the molecule is CC(C)O[B-](c1cc(C(F)(F)F)cc(C(F)(F)F)c1)(c1cc(C(F)(F)F)cc(C(F)(F)F)c1)c1cc(C(F)(F)F)ccc1C(F)(F)F. The van der Waals surface area contributed by atoms with Crippen LogP contribution in [0.25, 0.3) is 0 Å². The quantitative estimate of drug-likeness (QED) is 0.190. The van der Waals surface area contributed by atoms with Crippen molar-refractivity contribution in [2.45, 2.75) is 57.0 Å². The average molecular weight is 709 g/mol. The lowest BCUT2D eigenvalue weighted by Gasteiger charge is -2.47. The van der Waals surface area contributed by atoms with Gasteiger partial charge in [0.15, 0.2) is 6.35 Å². The zero-order chi connectivity index (χ0) is 36.3. The van der Waals surface area contributed by atoms with E-state index in [2.05, 4.69) is 0 Å². The highest BCUT2D eigenvalue weighted by Crippen LogP contribution is 2.40. The molecule has 3 rings (SSSR count). The van der Waals surface area contributed by atoms with Gasteiger partial charge in [0.05, 0.1) is 27.8 Å². The molecule has 0 bridgehead atoms. The number of benzene rings is 3. The Labute approximate surface area is 252 Å². The molecule has 3 aromatic rings. The van der Waals surface area contributed by atoms with E-state index in [9.17, 15) is 79.0 Å². The van der Waals surface area contributed by atoms with Crippen LogP contribution in [-0.4, -0.2) is 12.5 Å². The van der Waals surface area contributed by atoms with Gasteiger partial charge in [-0.05, 0) is 32.0 Å². The molecular weight excluding hydrogens is 693 g/mol. The van der Waals surface area contributed by atoms with Crippen molar-refractivity contribution in [3.8, 4) is 0 Å². The van der Waals surface area contributed by atoms with Gasteiger partial charge in [-0.25, -0.2) is 0 Å². The summed E-state index contributed by atoms with van der Waals surface area (Å²) in [6, 6.07) is -3.48. The number of rotatable bonds is 5. The normalized spacial score (nSPS) is 14.2. The Bertz CT molecular complexity index is 1460. The molecule has 0 amide bonds. The Morgan fingerprint density at radius 2 is 0.745 bits per heavy atom. The highest BCUT2D eigenvalue weighted by molar-refractivity contribution is 7.07. The maximum Gasteiger partial charge on any atom is 0.416 e. The summed E-state index contributed by atoms with van der Waals surface area (Å²) in [4.78, 5) is 0. The van der Waals surface area contributed by atoms with Gasteiger partial charge in [-0.2, -0.15) is 95.4 Å². The van der Waals surface area contributed by atoms with Gasteiger partial charge >= 0.3 is 37.1 Å². The first-order valence-electron chi connectivity index (χ1n) is 12.6. The summed E-state index contributed by atoms with van der Waals surface area (Å²) in [6.45, 7) is 1.65. The predicted molar refractivity (Wildman–Crippen MR) is 130 cm³/mol. The zero-order valence-corrected chi connectivity index (χ0v) is 23.1. The third-order valence-electron chi connectivity index (χ3n) is 6.76. The second-order valence-electron chi connectivity index (χ2n) is 10.4. The Morgan fingerprint density at radius 3 is 1.00 bits per heavy atom. The highest BCUT2D eigenvalue weighted by atomic mass is 19.4. The van der Waals surface area contributed by atoms with Crippen LogP contribution in [0.2, 0.25) is 0 Å². The predicted octanol–water partition coefficient (Wildman–Crippen LogP) is 9.19. The van der Waals surface area contributed by atoms with Crippen molar-refractivity contribution in [2.24, 2.45) is 0 Å². The van der Waals surface area contributed by atoms with Crippen molar-refractivity contribution >= 4 is 22.7 Å². The molecule has 0 saturated carbocycles. The number of hydrogen-bond acceptors (Lipinski definition) is 1. The van der Waals surface area contributed by atoms with Gasteiger partial charge in [-0.15, -0.1) is 0 Å². The van der Waals surface area contributed by atoms with Gasteiger partial charge in [-0.3, -0.25) is 0 Å². The molecule has 0 radical (unpaired) electrons. The van der Waals surface area contributed by atoms with E-state index in [1.54, 1.807) is 0 Å². The standard InChI is InChI=1S/C27H16BF18O/c1-12(2)47-28(18-7-14(23(32,33)34)5-15(8-18)24(35,36)37,19-9-16(25(38,39)40)6-17(10-19)26(41,42)43)21-11-13(22(29,30)31)3-4-20(21)27(44,45)46/h3-12H,1-2H3/q-1. The third kappa shape index (κ3) is 8.12. The second kappa shape index (κ2) is 11.8. The van der Waals surface area contributed by atoms with Crippen LogP contribution in [-0.2, 0) is 41.7 Å². The molecule has 0 spiro atoms. The first-order valence-corrected chi connectivity index (χ1v) is 12.6. The summed E-state index contributed by atoms with van der Waals surface area (Å²) in [5, 5.41) is 0. The molecule has 0 aliphatic rings. The molecule has 20 heteroatoms. The second-order valence-corrected chi connectivity index (χ2v) is 10.4. The number of hydrogen-bond donors (Lipinski definition) is 0. The lowest BCUT2D eigenvalue weighted by Crippen LogP contribution is -2.71. The molecule has 260 valence electrons. The monoisotopic (exact) mass is 709 g/mol. The molecule has 47 heavy (non-hydrogen) atoms. The molecule has 0 atom stereocenters. The molecule has 0 aliphatic carbocycles. The lowest BCUT2D eigenvalue weighted by atomic mass is 9.27. The van der Waals surface area contributed by atoms with E-state index in [1.807, 2.05) is 0 Å². The van der Waals surface area contributed by atoms with Crippen molar-refractivity contribution in [3.63, 3.8) is 0 Å². The zero-order valence-electron chi connectivity index (χ0n) is 23.1. The van der Waals surface area contributed by atoms with Crippen molar-refractivity contribution in [1.29, 1.82) is 0 Å². The molecular formula is C27H16BF18O-. The largest absolute Gasteiger partial charge is 0.577 e. The topological polar surface area (TPSA) is 9.23 Å². The van der Waals surface area contributed by atoms with Crippen molar-refractivity contribution in [2.75, 3.05) is 0 Å². The Balaban J connectivity index is 2.86. The van der Waals surface area contributed by atoms with E-state index in [0.717, 1.165) is 13.8 Å². The van der Waals surface area contributed by atoms with E-state index in [1.165, 1.54) is 0 Å². The van der Waals surface area contributed by atoms with Crippen LogP contribution in [0.1, 0.15) is 47.2 Å². The van der Waals surface area contributed by atoms with Crippen LogP contribution in [0.4, 0.5) is 79.0 Å². The van der Waals surface area contributed by atoms with E-state index < -0.39 is 117 Å². The maximum atomic E-state index is 14.4. The Morgan fingerprint density at radius 1 is 0.426 bits per heavy atom. The molecule has 0 heterocycles. The molecule has 0 N–H and O–H groups in total. The van der Waals surface area contributed by atoms with E-state index >= 15 is 0 Å². The molecule has 0 fully saturated rings. The minimum atomic E-state index is -5.85. The fraction of sp³-hybridized carbons (Fsp3) is 0.333. The van der Waals surface area contributed by atoms with E-state index in [0.29, 0.717) is 0 Å². The Kier molecular flexibility index (Phi) is 9.54. The van der Waals surface area contributed by atoms with Crippen LogP contribution in [0, 0.1) is 0 Å². The van der Waals surface area contributed by atoms with Crippen LogP contribution >= 0.6 is 0 Å². The average Bonchev–Trinajstić information content (AvgIpc) is 2.87. The molecule has 0 aromatic heterocycles. The van der Waals surface area contributed by atoms with E-state index in [4.69, 9.17) is 4.65 Å². The summed E-state index contributed by atoms with van der Waals surface area (Å²) in [7, 11) is 0. The van der Waals surface area contributed by atoms with Crippen LogP contribution in [0.3, 0.4) is 0 Å². The van der Waals surface area contributed by atoms with Gasteiger partial charge in [0, 0.05) is 11.7 Å². The van der Waals surface area contributed by atoms with Crippen LogP contribution in [0.5, 0.6) is 0 Å². The molecule has 0 unspecified atom stereocenters. The minimum Gasteiger partial charge on any atom is -0.577 e. The molecule has 1 nitrogen and oxygen atoms in total. The third-order valence-corrected chi connectivity index (χ3v) is 6.76. The minimum absolute atomic E-state index is 0.205. The summed E-state index contributed by atoms with van der Waals surface area (Å²) in [6.07, 6.45) is -41.5. The van der Waals surface area contributed by atoms with Crippen LogP contribution in [0.15, 0.2) is 54.6 Å². The van der Waals surface area contributed by atoms with Crippen molar-refractivity contribution in [3.05, 3.63) is 88.0 Å². The summed E-state index contributed by atoms with van der Waals surface area (Å²) >= 11 is 0.